The van der Waals surface area contributed by atoms with Crippen LogP contribution in [0.5, 0.6) is 0 Å². The zero-order chi connectivity index (χ0) is 9.40. The van der Waals surface area contributed by atoms with E-state index < -0.39 is 0 Å². The Morgan fingerprint density at radius 2 is 2.00 bits per heavy atom. The van der Waals surface area contributed by atoms with Gasteiger partial charge in [-0.3, -0.25) is 4.79 Å². The summed E-state index contributed by atoms with van der Waals surface area (Å²) in [5.74, 6) is -0.0749. The van der Waals surface area contributed by atoms with Crippen LogP contribution in [-0.2, 0) is 9.53 Å². The van der Waals surface area contributed by atoms with E-state index in [1.54, 1.807) is 0 Å². The molecule has 2 nitrogen and oxygen atoms in total. The van der Waals surface area contributed by atoms with Gasteiger partial charge >= 0.3 is 5.97 Å². The number of ether oxygens (including phenoxy) is 1. The number of carbonyl (C=O) groups is 1. The van der Waals surface area contributed by atoms with E-state index in [2.05, 4.69) is 6.92 Å². The summed E-state index contributed by atoms with van der Waals surface area (Å²) in [4.78, 5) is 11.0. The first-order valence-corrected chi connectivity index (χ1v) is 4.65. The van der Waals surface area contributed by atoms with Gasteiger partial charge in [-0.2, -0.15) is 0 Å². The van der Waals surface area contributed by atoms with Crippen molar-refractivity contribution in [1.29, 1.82) is 0 Å². The topological polar surface area (TPSA) is 26.3 Å². The maximum absolute atomic E-state index is 11.0. The molecule has 0 heterocycles. The molecule has 0 atom stereocenters. The Kier molecular flexibility index (Phi) is 6.82. The lowest BCUT2D eigenvalue weighted by Gasteiger charge is -2.06. The van der Waals surface area contributed by atoms with Crippen molar-refractivity contribution >= 4 is 5.97 Å². The number of hydrogen-bond acceptors (Lipinski definition) is 2. The van der Waals surface area contributed by atoms with Crippen LogP contribution < -0.4 is 0 Å². The Balaban J connectivity index is 3.20. The normalized spacial score (nSPS) is 10.3. The van der Waals surface area contributed by atoms with Gasteiger partial charge in [-0.15, -0.1) is 0 Å². The molecule has 0 aliphatic carbocycles. The summed E-state index contributed by atoms with van der Waals surface area (Å²) in [5, 5.41) is 0. The van der Waals surface area contributed by atoms with Gasteiger partial charge in [0.15, 0.2) is 0 Å². The second-order valence-electron chi connectivity index (χ2n) is 3.20. The first-order valence-electron chi connectivity index (χ1n) is 4.65. The van der Waals surface area contributed by atoms with Crippen molar-refractivity contribution in [2.75, 3.05) is 0 Å². The zero-order valence-electron chi connectivity index (χ0n) is 8.14. The first-order chi connectivity index (χ1) is 5.66. The molecule has 71 valence electrons. The molecule has 0 aliphatic rings. The van der Waals surface area contributed by atoms with Crippen LogP contribution in [0.3, 0.4) is 0 Å². The molecule has 0 N–H and O–H groups in total. The number of esters is 1. The highest BCUT2D eigenvalue weighted by Crippen LogP contribution is 2.04. The molecular formula is C10H19O2. The number of rotatable bonds is 6. The second-order valence-corrected chi connectivity index (χ2v) is 3.20. The molecule has 1 radical (unpaired) electrons. The molecule has 2 heteroatoms. The molecule has 0 rings (SSSR count). The molecule has 0 aliphatic heterocycles. The molecule has 0 fully saturated rings. The minimum Gasteiger partial charge on any atom is -0.463 e. The standard InChI is InChI=1S/C10H19O2/c1-4-5-6-7-8-10(11)12-9(2)3/h9H,1,4-8H2,2-3H3. The SMILES string of the molecule is [CH2]CCCCCC(=O)OC(C)C. The van der Waals surface area contributed by atoms with Gasteiger partial charge in [-0.25, -0.2) is 0 Å². The summed E-state index contributed by atoms with van der Waals surface area (Å²) in [5.41, 5.74) is 0. The summed E-state index contributed by atoms with van der Waals surface area (Å²) >= 11 is 0. The van der Waals surface area contributed by atoms with E-state index in [0.717, 1.165) is 25.7 Å². The Labute approximate surface area is 75.3 Å². The van der Waals surface area contributed by atoms with Crippen LogP contribution in [-0.4, -0.2) is 12.1 Å². The summed E-state index contributed by atoms with van der Waals surface area (Å²) < 4.78 is 4.98. The van der Waals surface area contributed by atoms with Crippen LogP contribution in [0.15, 0.2) is 0 Å². The van der Waals surface area contributed by atoms with Crippen molar-refractivity contribution in [2.24, 2.45) is 0 Å². The van der Waals surface area contributed by atoms with Gasteiger partial charge in [-0.05, 0) is 20.3 Å². The molecule has 0 aromatic rings. The van der Waals surface area contributed by atoms with Crippen LogP contribution in [0.2, 0.25) is 0 Å². The molecule has 0 bridgehead atoms. The maximum Gasteiger partial charge on any atom is 0.306 e. The van der Waals surface area contributed by atoms with E-state index in [1.165, 1.54) is 0 Å². The number of carbonyl (C=O) groups excluding carboxylic acids is 1. The van der Waals surface area contributed by atoms with Crippen LogP contribution >= 0.6 is 0 Å². The van der Waals surface area contributed by atoms with Gasteiger partial charge < -0.3 is 4.74 Å². The summed E-state index contributed by atoms with van der Waals surface area (Å²) in [7, 11) is 0. The van der Waals surface area contributed by atoms with Crippen LogP contribution in [0.1, 0.15) is 46.0 Å². The number of unbranched alkanes of at least 4 members (excludes halogenated alkanes) is 3. The van der Waals surface area contributed by atoms with Crippen molar-refractivity contribution in [3.8, 4) is 0 Å². The Morgan fingerprint density at radius 3 is 2.50 bits per heavy atom. The molecule has 0 aromatic carbocycles. The van der Waals surface area contributed by atoms with Gasteiger partial charge in [0.1, 0.15) is 0 Å². The van der Waals surface area contributed by atoms with Gasteiger partial charge in [0, 0.05) is 6.42 Å². The highest BCUT2D eigenvalue weighted by Gasteiger charge is 2.03. The molecular weight excluding hydrogens is 152 g/mol. The molecule has 12 heavy (non-hydrogen) atoms. The monoisotopic (exact) mass is 171 g/mol. The lowest BCUT2D eigenvalue weighted by Crippen LogP contribution is -2.10. The third kappa shape index (κ3) is 7.58. The molecule has 0 aromatic heterocycles. The lowest BCUT2D eigenvalue weighted by atomic mass is 10.1. The average molecular weight is 171 g/mol. The fourth-order valence-electron chi connectivity index (χ4n) is 0.945. The summed E-state index contributed by atoms with van der Waals surface area (Å²) in [6.45, 7) is 7.47. The summed E-state index contributed by atoms with van der Waals surface area (Å²) in [6, 6.07) is 0. The van der Waals surface area contributed by atoms with E-state index in [1.807, 2.05) is 13.8 Å². The highest BCUT2D eigenvalue weighted by molar-refractivity contribution is 5.69. The first kappa shape index (κ1) is 11.5. The smallest absolute Gasteiger partial charge is 0.306 e. The van der Waals surface area contributed by atoms with Gasteiger partial charge in [-0.1, -0.05) is 26.2 Å². The van der Waals surface area contributed by atoms with Crippen molar-refractivity contribution in [2.45, 2.75) is 52.1 Å². The molecule has 0 unspecified atom stereocenters. The second kappa shape index (κ2) is 7.14. The third-order valence-corrected chi connectivity index (χ3v) is 1.50. The molecule has 0 spiro atoms. The van der Waals surface area contributed by atoms with Crippen molar-refractivity contribution in [3.05, 3.63) is 6.92 Å². The van der Waals surface area contributed by atoms with Crippen LogP contribution in [0.4, 0.5) is 0 Å². The predicted molar refractivity (Wildman–Crippen MR) is 49.7 cm³/mol. The van der Waals surface area contributed by atoms with Gasteiger partial charge in [0.2, 0.25) is 0 Å². The Morgan fingerprint density at radius 1 is 1.33 bits per heavy atom. The predicted octanol–water partition coefficient (Wildman–Crippen LogP) is 2.72. The summed E-state index contributed by atoms with van der Waals surface area (Å²) in [6.07, 6.45) is 4.65. The van der Waals surface area contributed by atoms with Crippen LogP contribution in [0.25, 0.3) is 0 Å². The van der Waals surface area contributed by atoms with Crippen molar-refractivity contribution < 1.29 is 9.53 Å². The largest absolute Gasteiger partial charge is 0.463 e. The maximum atomic E-state index is 11.0. The molecule has 0 saturated carbocycles. The average Bonchev–Trinajstić information content (AvgIpc) is 1.97. The fraction of sp³-hybridized carbons (Fsp3) is 0.800. The van der Waals surface area contributed by atoms with Gasteiger partial charge in [0.25, 0.3) is 0 Å². The minimum atomic E-state index is -0.0749. The van der Waals surface area contributed by atoms with Gasteiger partial charge in [0.05, 0.1) is 6.10 Å². The van der Waals surface area contributed by atoms with Crippen molar-refractivity contribution in [3.63, 3.8) is 0 Å². The Hall–Kier alpha value is -0.530. The molecule has 0 saturated heterocycles. The quantitative estimate of drug-likeness (QED) is 0.453. The minimum absolute atomic E-state index is 0.0188. The van der Waals surface area contributed by atoms with E-state index in [9.17, 15) is 4.79 Å². The van der Waals surface area contributed by atoms with Crippen LogP contribution in [0, 0.1) is 6.92 Å². The van der Waals surface area contributed by atoms with E-state index >= 15 is 0 Å². The van der Waals surface area contributed by atoms with E-state index in [-0.39, 0.29) is 12.1 Å². The van der Waals surface area contributed by atoms with Crippen molar-refractivity contribution in [1.82, 2.24) is 0 Å². The van der Waals surface area contributed by atoms with E-state index in [4.69, 9.17) is 4.74 Å². The Bertz CT molecular complexity index is 119. The lowest BCUT2D eigenvalue weighted by molar-refractivity contribution is -0.147. The fourth-order valence-corrected chi connectivity index (χ4v) is 0.945. The highest BCUT2D eigenvalue weighted by atomic mass is 16.5. The van der Waals surface area contributed by atoms with E-state index in [0.29, 0.717) is 6.42 Å². The molecule has 0 amide bonds. The third-order valence-electron chi connectivity index (χ3n) is 1.50. The zero-order valence-corrected chi connectivity index (χ0v) is 8.14. The number of hydrogen-bond donors (Lipinski definition) is 0.